The molecule has 0 fully saturated rings. The maximum atomic E-state index is 12.3. The Morgan fingerprint density at radius 2 is 1.80 bits per heavy atom. The first-order valence-electron chi connectivity index (χ1n) is 8.02. The van der Waals surface area contributed by atoms with Gasteiger partial charge in [-0.1, -0.05) is 11.8 Å². The van der Waals surface area contributed by atoms with Crippen molar-refractivity contribution in [2.75, 3.05) is 0 Å². The Bertz CT molecular complexity index is 824. The first-order valence-corrected chi connectivity index (χ1v) is 9.71. The number of hydrogen-bond donors (Lipinski definition) is 2. The SMILES string of the molecule is Cc1nc(S[C@@H](C)C(=O)NC(=O)NC(C)(C)C)c2c(C)c(C)sc2n1. The third-order valence-corrected chi connectivity index (χ3v) is 5.68. The van der Waals surface area contributed by atoms with Crippen LogP contribution in [-0.2, 0) is 4.79 Å². The summed E-state index contributed by atoms with van der Waals surface area (Å²) in [5, 5.41) is 6.43. The van der Waals surface area contributed by atoms with Gasteiger partial charge in [0.15, 0.2) is 0 Å². The number of rotatable bonds is 3. The van der Waals surface area contributed by atoms with Crippen LogP contribution in [0.25, 0.3) is 10.2 Å². The van der Waals surface area contributed by atoms with Crippen LogP contribution in [0.15, 0.2) is 5.03 Å². The second-order valence-corrected chi connectivity index (χ2v) is 9.53. The zero-order valence-electron chi connectivity index (χ0n) is 15.6. The number of fused-ring (bicyclic) bond motifs is 1. The highest BCUT2D eigenvalue weighted by Gasteiger charge is 2.23. The molecular weight excluding hydrogens is 356 g/mol. The number of aryl methyl sites for hydroxylation is 3. The minimum Gasteiger partial charge on any atom is -0.333 e. The maximum Gasteiger partial charge on any atom is 0.321 e. The van der Waals surface area contributed by atoms with Crippen LogP contribution in [0.2, 0.25) is 0 Å². The molecule has 0 aliphatic carbocycles. The van der Waals surface area contributed by atoms with E-state index in [1.54, 1.807) is 18.3 Å². The van der Waals surface area contributed by atoms with Crippen LogP contribution in [0, 0.1) is 20.8 Å². The van der Waals surface area contributed by atoms with Gasteiger partial charge < -0.3 is 5.32 Å². The number of nitrogens with one attached hydrogen (secondary N) is 2. The molecule has 0 aliphatic heterocycles. The maximum absolute atomic E-state index is 12.3. The number of carbonyl (C=O) groups excluding carboxylic acids is 2. The molecule has 25 heavy (non-hydrogen) atoms. The summed E-state index contributed by atoms with van der Waals surface area (Å²) >= 11 is 2.98. The average Bonchev–Trinajstić information content (AvgIpc) is 2.71. The summed E-state index contributed by atoms with van der Waals surface area (Å²) in [4.78, 5) is 35.3. The van der Waals surface area contributed by atoms with E-state index in [0.29, 0.717) is 5.82 Å². The minimum atomic E-state index is -0.489. The minimum absolute atomic E-state index is 0.347. The molecular formula is C17H24N4O2S2. The smallest absolute Gasteiger partial charge is 0.321 e. The highest BCUT2D eigenvalue weighted by Crippen LogP contribution is 2.36. The van der Waals surface area contributed by atoms with E-state index in [-0.39, 0.29) is 5.91 Å². The van der Waals surface area contributed by atoms with E-state index >= 15 is 0 Å². The summed E-state index contributed by atoms with van der Waals surface area (Å²) in [6, 6.07) is -0.489. The van der Waals surface area contributed by atoms with Crippen LogP contribution in [-0.4, -0.2) is 32.7 Å². The molecule has 2 aromatic heterocycles. The number of amides is 3. The van der Waals surface area contributed by atoms with Crippen LogP contribution < -0.4 is 10.6 Å². The van der Waals surface area contributed by atoms with Crippen molar-refractivity contribution in [1.82, 2.24) is 20.6 Å². The van der Waals surface area contributed by atoms with Gasteiger partial charge in [-0.2, -0.15) is 0 Å². The standard InChI is InChI=1S/C17H24N4O2S2/c1-8-9(2)24-14-12(8)15(19-11(4)18-14)25-10(3)13(22)20-16(23)21-17(5,6)7/h10H,1-7H3,(H2,20,21,22,23)/t10-/m0/s1. The van der Waals surface area contributed by atoms with Crippen LogP contribution >= 0.6 is 23.1 Å². The van der Waals surface area contributed by atoms with Crippen molar-refractivity contribution in [3.8, 4) is 0 Å². The van der Waals surface area contributed by atoms with Crippen molar-refractivity contribution in [1.29, 1.82) is 0 Å². The molecule has 0 aliphatic rings. The predicted octanol–water partition coefficient (Wildman–Crippen LogP) is 3.72. The molecule has 0 spiro atoms. The summed E-state index contributed by atoms with van der Waals surface area (Å²) in [7, 11) is 0. The quantitative estimate of drug-likeness (QED) is 0.626. The summed E-state index contributed by atoms with van der Waals surface area (Å²) in [6.07, 6.45) is 0. The normalized spacial score (nSPS) is 12.9. The third kappa shape index (κ3) is 4.92. The van der Waals surface area contributed by atoms with Crippen molar-refractivity contribution >= 4 is 45.3 Å². The van der Waals surface area contributed by atoms with Gasteiger partial charge >= 0.3 is 6.03 Å². The number of aromatic nitrogens is 2. The molecule has 0 aromatic carbocycles. The Morgan fingerprint density at radius 1 is 1.16 bits per heavy atom. The lowest BCUT2D eigenvalue weighted by Crippen LogP contribution is -2.49. The molecule has 1 atom stereocenters. The van der Waals surface area contributed by atoms with Crippen LogP contribution in [0.5, 0.6) is 0 Å². The van der Waals surface area contributed by atoms with E-state index in [4.69, 9.17) is 0 Å². The molecule has 2 aromatic rings. The molecule has 2 rings (SSSR count). The fraction of sp³-hybridized carbons (Fsp3) is 0.529. The Kier molecular flexibility index (Phi) is 5.73. The highest BCUT2D eigenvalue weighted by atomic mass is 32.2. The lowest BCUT2D eigenvalue weighted by atomic mass is 10.1. The number of imide groups is 1. The van der Waals surface area contributed by atoms with Gasteiger partial charge in [-0.25, -0.2) is 14.8 Å². The lowest BCUT2D eigenvalue weighted by molar-refractivity contribution is -0.119. The molecule has 136 valence electrons. The molecule has 8 heteroatoms. The Labute approximate surface area is 156 Å². The fourth-order valence-electron chi connectivity index (χ4n) is 2.21. The van der Waals surface area contributed by atoms with Gasteiger partial charge in [-0.3, -0.25) is 10.1 Å². The first-order chi connectivity index (χ1) is 11.5. The molecule has 0 radical (unpaired) electrons. The lowest BCUT2D eigenvalue weighted by Gasteiger charge is -2.21. The number of thioether (sulfide) groups is 1. The van der Waals surface area contributed by atoms with Crippen molar-refractivity contribution in [3.05, 3.63) is 16.3 Å². The van der Waals surface area contributed by atoms with E-state index in [1.165, 1.54) is 16.6 Å². The number of nitrogens with zero attached hydrogens (tertiary/aromatic N) is 2. The van der Waals surface area contributed by atoms with Crippen LogP contribution in [0.1, 0.15) is 44.0 Å². The van der Waals surface area contributed by atoms with E-state index in [0.717, 1.165) is 20.8 Å². The van der Waals surface area contributed by atoms with Gasteiger partial charge in [0.25, 0.3) is 0 Å². The number of urea groups is 1. The number of carbonyl (C=O) groups is 2. The van der Waals surface area contributed by atoms with Gasteiger partial charge in [0.1, 0.15) is 15.7 Å². The fourth-order valence-corrected chi connectivity index (χ4v) is 4.40. The van der Waals surface area contributed by atoms with E-state index in [9.17, 15) is 9.59 Å². The van der Waals surface area contributed by atoms with Crippen molar-refractivity contribution in [2.24, 2.45) is 0 Å². The summed E-state index contributed by atoms with van der Waals surface area (Å²) < 4.78 is 0. The summed E-state index contributed by atoms with van der Waals surface area (Å²) in [5.74, 6) is 0.329. The van der Waals surface area contributed by atoms with Gasteiger partial charge in [0.2, 0.25) is 5.91 Å². The highest BCUT2D eigenvalue weighted by molar-refractivity contribution is 8.00. The van der Waals surface area contributed by atoms with Gasteiger partial charge in [0, 0.05) is 15.8 Å². The topological polar surface area (TPSA) is 84.0 Å². The van der Waals surface area contributed by atoms with Gasteiger partial charge in [0.05, 0.1) is 5.25 Å². The van der Waals surface area contributed by atoms with E-state index in [2.05, 4.69) is 27.5 Å². The largest absolute Gasteiger partial charge is 0.333 e. The molecule has 2 heterocycles. The molecule has 0 saturated heterocycles. The molecule has 6 nitrogen and oxygen atoms in total. The van der Waals surface area contributed by atoms with E-state index < -0.39 is 16.8 Å². The summed E-state index contributed by atoms with van der Waals surface area (Å²) in [5.41, 5.74) is 0.739. The number of thiophene rings is 1. The van der Waals surface area contributed by atoms with Crippen molar-refractivity contribution < 1.29 is 9.59 Å². The van der Waals surface area contributed by atoms with E-state index in [1.807, 2.05) is 34.6 Å². The van der Waals surface area contributed by atoms with Crippen LogP contribution in [0.4, 0.5) is 4.79 Å². The molecule has 0 bridgehead atoms. The second-order valence-electron chi connectivity index (χ2n) is 6.99. The first kappa shape index (κ1) is 19.7. The zero-order valence-corrected chi connectivity index (χ0v) is 17.2. The Balaban J connectivity index is 2.17. The summed E-state index contributed by atoms with van der Waals surface area (Å²) in [6.45, 7) is 13.3. The monoisotopic (exact) mass is 380 g/mol. The van der Waals surface area contributed by atoms with Crippen molar-refractivity contribution in [3.63, 3.8) is 0 Å². The Morgan fingerprint density at radius 3 is 2.40 bits per heavy atom. The predicted molar refractivity (Wildman–Crippen MR) is 103 cm³/mol. The average molecular weight is 381 g/mol. The van der Waals surface area contributed by atoms with Gasteiger partial charge in [-0.05, 0) is 54.0 Å². The van der Waals surface area contributed by atoms with Crippen LogP contribution in [0.3, 0.4) is 0 Å². The molecule has 0 saturated carbocycles. The second kappa shape index (κ2) is 7.29. The van der Waals surface area contributed by atoms with Crippen molar-refractivity contribution in [2.45, 2.75) is 64.3 Å². The molecule has 0 unspecified atom stereocenters. The van der Waals surface area contributed by atoms with Gasteiger partial charge in [-0.15, -0.1) is 11.3 Å². The number of hydrogen-bond acceptors (Lipinski definition) is 6. The molecule has 3 amide bonds. The molecule has 2 N–H and O–H groups in total. The Hall–Kier alpha value is -1.67. The third-order valence-electron chi connectivity index (χ3n) is 3.49. The zero-order chi connectivity index (χ0) is 18.9.